The maximum absolute atomic E-state index is 6.19. The van der Waals surface area contributed by atoms with Gasteiger partial charge in [-0.25, -0.2) is 0 Å². The number of ether oxygens (including phenoxy) is 2. The number of nitrogens with one attached hydrogen (secondary N) is 1. The van der Waals surface area contributed by atoms with Crippen molar-refractivity contribution in [1.82, 2.24) is 5.32 Å². The maximum atomic E-state index is 6.19. The van der Waals surface area contributed by atoms with Gasteiger partial charge in [-0.2, -0.15) is 0 Å². The van der Waals surface area contributed by atoms with E-state index in [9.17, 15) is 0 Å². The average Bonchev–Trinajstić information content (AvgIpc) is 2.45. The van der Waals surface area contributed by atoms with Gasteiger partial charge in [0.1, 0.15) is 5.75 Å². The van der Waals surface area contributed by atoms with E-state index in [2.05, 4.69) is 31.3 Å². The Hall–Kier alpha value is -1.06. The monoisotopic (exact) mass is 275 g/mol. The van der Waals surface area contributed by atoms with Crippen molar-refractivity contribution in [3.63, 3.8) is 0 Å². The number of aryl methyl sites for hydroxylation is 1. The zero-order valence-electron chi connectivity index (χ0n) is 12.7. The van der Waals surface area contributed by atoms with Crippen molar-refractivity contribution in [3.05, 3.63) is 29.3 Å². The molecule has 3 unspecified atom stereocenters. The molecule has 0 aromatic heterocycles. The molecule has 1 fully saturated rings. The van der Waals surface area contributed by atoms with Crippen LogP contribution in [-0.4, -0.2) is 25.8 Å². The molecule has 0 amide bonds. The third-order valence-corrected chi connectivity index (χ3v) is 4.43. The van der Waals surface area contributed by atoms with Gasteiger partial charge in [-0.3, -0.25) is 0 Å². The summed E-state index contributed by atoms with van der Waals surface area (Å²) < 4.78 is 11.5. The van der Waals surface area contributed by atoms with Crippen LogP contribution < -0.4 is 10.1 Å². The van der Waals surface area contributed by atoms with Crippen LogP contribution in [0.5, 0.6) is 5.75 Å². The van der Waals surface area contributed by atoms with Crippen molar-refractivity contribution in [2.75, 3.05) is 13.7 Å². The summed E-state index contributed by atoms with van der Waals surface area (Å²) in [7, 11) is 1.72. The van der Waals surface area contributed by atoms with Crippen LogP contribution in [0.3, 0.4) is 0 Å². The van der Waals surface area contributed by atoms with Crippen LogP contribution in [0.15, 0.2) is 18.2 Å². The van der Waals surface area contributed by atoms with E-state index >= 15 is 0 Å². The highest BCUT2D eigenvalue weighted by Crippen LogP contribution is 2.37. The SMILES string of the molecule is COc1ccc2c(c1)CCC1NC(CC(C)C)COC21. The molecule has 0 spiro atoms. The van der Waals surface area contributed by atoms with Crippen molar-refractivity contribution < 1.29 is 9.47 Å². The lowest BCUT2D eigenvalue weighted by Gasteiger charge is -2.42. The summed E-state index contributed by atoms with van der Waals surface area (Å²) in [5.74, 6) is 1.66. The normalized spacial score (nSPS) is 28.9. The molecule has 1 N–H and O–H groups in total. The number of morpholine rings is 1. The van der Waals surface area contributed by atoms with Gasteiger partial charge in [-0.15, -0.1) is 0 Å². The fourth-order valence-corrected chi connectivity index (χ4v) is 3.53. The molecule has 1 aliphatic heterocycles. The lowest BCUT2D eigenvalue weighted by molar-refractivity contribution is -0.0398. The highest BCUT2D eigenvalue weighted by atomic mass is 16.5. The summed E-state index contributed by atoms with van der Waals surface area (Å²) in [6.45, 7) is 5.37. The number of fused-ring (bicyclic) bond motifs is 3. The fourth-order valence-electron chi connectivity index (χ4n) is 3.53. The topological polar surface area (TPSA) is 30.5 Å². The van der Waals surface area contributed by atoms with Crippen molar-refractivity contribution in [1.29, 1.82) is 0 Å². The Bertz CT molecular complexity index is 472. The number of rotatable bonds is 3. The van der Waals surface area contributed by atoms with Crippen LogP contribution in [0.2, 0.25) is 0 Å². The van der Waals surface area contributed by atoms with E-state index in [0.29, 0.717) is 18.0 Å². The number of benzene rings is 1. The van der Waals surface area contributed by atoms with Gasteiger partial charge in [0.25, 0.3) is 0 Å². The van der Waals surface area contributed by atoms with Gasteiger partial charge in [-0.1, -0.05) is 19.9 Å². The molecule has 0 bridgehead atoms. The summed E-state index contributed by atoms with van der Waals surface area (Å²) in [5, 5.41) is 3.80. The second-order valence-electron chi connectivity index (χ2n) is 6.46. The first-order valence-electron chi connectivity index (χ1n) is 7.72. The number of hydrogen-bond acceptors (Lipinski definition) is 3. The van der Waals surface area contributed by atoms with Gasteiger partial charge < -0.3 is 14.8 Å². The van der Waals surface area contributed by atoms with E-state index in [1.54, 1.807) is 7.11 Å². The quantitative estimate of drug-likeness (QED) is 0.919. The third-order valence-electron chi connectivity index (χ3n) is 4.43. The Morgan fingerprint density at radius 3 is 3.00 bits per heavy atom. The van der Waals surface area contributed by atoms with E-state index < -0.39 is 0 Å². The van der Waals surface area contributed by atoms with Crippen molar-refractivity contribution in [2.24, 2.45) is 5.92 Å². The number of methoxy groups -OCH3 is 1. The van der Waals surface area contributed by atoms with Crippen molar-refractivity contribution in [3.8, 4) is 5.75 Å². The van der Waals surface area contributed by atoms with Gasteiger partial charge in [0.15, 0.2) is 0 Å². The predicted molar refractivity (Wildman–Crippen MR) is 80.2 cm³/mol. The Kier molecular flexibility index (Phi) is 3.99. The van der Waals surface area contributed by atoms with Crippen molar-refractivity contribution >= 4 is 0 Å². The standard InChI is InChI=1S/C17H25NO2/c1-11(2)8-13-10-20-17-15-6-5-14(19-3)9-12(15)4-7-16(17)18-13/h5-6,9,11,13,16-18H,4,7-8,10H2,1-3H3. The van der Waals surface area contributed by atoms with Crippen LogP contribution in [-0.2, 0) is 11.2 Å². The second-order valence-corrected chi connectivity index (χ2v) is 6.46. The third kappa shape index (κ3) is 2.70. The largest absolute Gasteiger partial charge is 0.497 e. The molecular weight excluding hydrogens is 250 g/mol. The van der Waals surface area contributed by atoms with Crippen LogP contribution in [0.1, 0.15) is 43.9 Å². The van der Waals surface area contributed by atoms with E-state index in [1.165, 1.54) is 17.5 Å². The zero-order chi connectivity index (χ0) is 14.1. The second kappa shape index (κ2) is 5.74. The van der Waals surface area contributed by atoms with Crippen molar-refractivity contribution in [2.45, 2.75) is 51.3 Å². The molecule has 1 saturated heterocycles. The summed E-state index contributed by atoms with van der Waals surface area (Å²) in [4.78, 5) is 0. The first kappa shape index (κ1) is 13.9. The molecule has 2 aliphatic rings. The van der Waals surface area contributed by atoms with E-state index in [4.69, 9.17) is 9.47 Å². The molecular formula is C17H25NO2. The van der Waals surface area contributed by atoms with Gasteiger partial charge in [0.2, 0.25) is 0 Å². The van der Waals surface area contributed by atoms with Gasteiger partial charge >= 0.3 is 0 Å². The zero-order valence-corrected chi connectivity index (χ0v) is 12.7. The Morgan fingerprint density at radius 1 is 1.40 bits per heavy atom. The molecule has 3 atom stereocenters. The molecule has 110 valence electrons. The molecule has 3 rings (SSSR count). The molecule has 3 nitrogen and oxygen atoms in total. The molecule has 1 aromatic rings. The van der Waals surface area contributed by atoms with Crippen LogP contribution in [0, 0.1) is 5.92 Å². The van der Waals surface area contributed by atoms with E-state index in [1.807, 2.05) is 6.07 Å². The lowest BCUT2D eigenvalue weighted by Crippen LogP contribution is -2.52. The molecule has 1 heterocycles. The molecule has 20 heavy (non-hydrogen) atoms. The maximum Gasteiger partial charge on any atom is 0.119 e. The smallest absolute Gasteiger partial charge is 0.119 e. The minimum absolute atomic E-state index is 0.216. The predicted octanol–water partition coefficient (Wildman–Crippen LogP) is 3.09. The molecule has 1 aliphatic carbocycles. The van der Waals surface area contributed by atoms with Gasteiger partial charge in [0, 0.05) is 12.1 Å². The van der Waals surface area contributed by atoms with Gasteiger partial charge in [-0.05, 0) is 48.4 Å². The van der Waals surface area contributed by atoms with E-state index in [0.717, 1.165) is 25.2 Å². The molecule has 1 aromatic carbocycles. The molecule has 0 saturated carbocycles. The average molecular weight is 275 g/mol. The molecule has 3 heteroatoms. The first-order valence-corrected chi connectivity index (χ1v) is 7.72. The fraction of sp³-hybridized carbons (Fsp3) is 0.647. The minimum Gasteiger partial charge on any atom is -0.497 e. The lowest BCUT2D eigenvalue weighted by atomic mass is 9.84. The Balaban J connectivity index is 1.75. The summed E-state index contributed by atoms with van der Waals surface area (Å²) in [6.07, 6.45) is 3.67. The Labute approximate surface area is 121 Å². The highest BCUT2D eigenvalue weighted by molar-refractivity contribution is 5.39. The summed E-state index contributed by atoms with van der Waals surface area (Å²) in [6, 6.07) is 7.36. The van der Waals surface area contributed by atoms with Crippen LogP contribution >= 0.6 is 0 Å². The molecule has 0 radical (unpaired) electrons. The first-order chi connectivity index (χ1) is 9.67. The van der Waals surface area contributed by atoms with E-state index in [-0.39, 0.29) is 6.10 Å². The Morgan fingerprint density at radius 2 is 2.25 bits per heavy atom. The summed E-state index contributed by atoms with van der Waals surface area (Å²) >= 11 is 0. The minimum atomic E-state index is 0.216. The van der Waals surface area contributed by atoms with Crippen LogP contribution in [0.4, 0.5) is 0 Å². The van der Waals surface area contributed by atoms with Crippen LogP contribution in [0.25, 0.3) is 0 Å². The van der Waals surface area contributed by atoms with Gasteiger partial charge in [0.05, 0.1) is 19.8 Å². The number of hydrogen-bond donors (Lipinski definition) is 1. The highest BCUT2D eigenvalue weighted by Gasteiger charge is 2.35. The summed E-state index contributed by atoms with van der Waals surface area (Å²) in [5.41, 5.74) is 2.73.